The number of ether oxygens (including phenoxy) is 1. The van der Waals surface area contributed by atoms with Crippen LogP contribution in [0.15, 0.2) is 48.8 Å². The van der Waals surface area contributed by atoms with Crippen LogP contribution < -0.4 is 10.5 Å². The summed E-state index contributed by atoms with van der Waals surface area (Å²) in [4.78, 5) is 3.96. The van der Waals surface area contributed by atoms with Gasteiger partial charge in [-0.3, -0.25) is 4.98 Å². The minimum Gasteiger partial charge on any atom is -0.497 e. The van der Waals surface area contributed by atoms with Crippen LogP contribution in [0.2, 0.25) is 0 Å². The summed E-state index contributed by atoms with van der Waals surface area (Å²) in [6.45, 7) is -0.177. The van der Waals surface area contributed by atoms with Crippen molar-refractivity contribution in [3.63, 3.8) is 0 Å². The lowest BCUT2D eigenvalue weighted by Crippen LogP contribution is -2.41. The third-order valence-electron chi connectivity index (χ3n) is 3.05. The predicted molar refractivity (Wildman–Crippen MR) is 69.3 cm³/mol. The highest BCUT2D eigenvalue weighted by Gasteiger charge is 2.28. The summed E-state index contributed by atoms with van der Waals surface area (Å²) in [5.74, 6) is 0.758. The van der Waals surface area contributed by atoms with E-state index in [0.29, 0.717) is 0 Å². The number of nitrogens with zero attached hydrogens (tertiary/aromatic N) is 1. The van der Waals surface area contributed by atoms with E-state index in [1.54, 1.807) is 31.6 Å². The number of methoxy groups -OCH3 is 1. The molecule has 0 spiro atoms. The number of pyridine rings is 1. The number of hydrogen-bond acceptors (Lipinski definition) is 4. The molecule has 18 heavy (non-hydrogen) atoms. The lowest BCUT2D eigenvalue weighted by Gasteiger charge is -2.28. The highest BCUT2D eigenvalue weighted by Crippen LogP contribution is 2.27. The SMILES string of the molecule is COc1ccc(C(N)(CO)c2ccncc2)cc1. The van der Waals surface area contributed by atoms with Gasteiger partial charge in [0.05, 0.1) is 19.3 Å². The van der Waals surface area contributed by atoms with Crippen molar-refractivity contribution in [1.29, 1.82) is 0 Å². The Morgan fingerprint density at radius 3 is 2.17 bits per heavy atom. The van der Waals surface area contributed by atoms with Gasteiger partial charge in [0.2, 0.25) is 0 Å². The van der Waals surface area contributed by atoms with Gasteiger partial charge in [-0.05, 0) is 35.4 Å². The number of hydrogen-bond donors (Lipinski definition) is 2. The van der Waals surface area contributed by atoms with Crippen molar-refractivity contribution >= 4 is 0 Å². The van der Waals surface area contributed by atoms with E-state index in [4.69, 9.17) is 10.5 Å². The Morgan fingerprint density at radius 1 is 1.11 bits per heavy atom. The topological polar surface area (TPSA) is 68.4 Å². The lowest BCUT2D eigenvalue weighted by molar-refractivity contribution is 0.223. The van der Waals surface area contributed by atoms with Crippen molar-refractivity contribution in [3.05, 3.63) is 59.9 Å². The van der Waals surface area contributed by atoms with Crippen LogP contribution in [0.3, 0.4) is 0 Å². The third-order valence-corrected chi connectivity index (χ3v) is 3.05. The maximum Gasteiger partial charge on any atom is 0.118 e. The van der Waals surface area contributed by atoms with E-state index < -0.39 is 5.54 Å². The van der Waals surface area contributed by atoms with Gasteiger partial charge in [-0.15, -0.1) is 0 Å². The summed E-state index contributed by atoms with van der Waals surface area (Å²) >= 11 is 0. The molecular formula is C14H16N2O2. The molecule has 0 saturated carbocycles. The average molecular weight is 244 g/mol. The lowest BCUT2D eigenvalue weighted by atomic mass is 9.85. The molecule has 1 unspecified atom stereocenters. The Kier molecular flexibility index (Phi) is 3.60. The molecule has 0 fully saturated rings. The van der Waals surface area contributed by atoms with Gasteiger partial charge in [-0.2, -0.15) is 0 Å². The van der Waals surface area contributed by atoms with Gasteiger partial charge in [0.15, 0.2) is 0 Å². The van der Waals surface area contributed by atoms with Crippen molar-refractivity contribution in [1.82, 2.24) is 4.98 Å². The molecule has 0 aliphatic carbocycles. The van der Waals surface area contributed by atoms with E-state index in [0.717, 1.165) is 16.9 Å². The third kappa shape index (κ3) is 2.20. The molecule has 1 atom stereocenters. The second-order valence-corrected chi connectivity index (χ2v) is 4.09. The van der Waals surface area contributed by atoms with Crippen LogP contribution in [-0.2, 0) is 5.54 Å². The van der Waals surface area contributed by atoms with E-state index >= 15 is 0 Å². The van der Waals surface area contributed by atoms with Gasteiger partial charge >= 0.3 is 0 Å². The molecule has 0 aliphatic heterocycles. The Hall–Kier alpha value is -1.91. The summed E-state index contributed by atoms with van der Waals surface area (Å²) in [5, 5.41) is 9.64. The van der Waals surface area contributed by atoms with Crippen LogP contribution in [0.4, 0.5) is 0 Å². The summed E-state index contributed by atoms with van der Waals surface area (Å²) in [6.07, 6.45) is 3.33. The molecule has 94 valence electrons. The molecule has 2 rings (SSSR count). The molecule has 0 amide bonds. The van der Waals surface area contributed by atoms with Gasteiger partial charge in [0.25, 0.3) is 0 Å². The van der Waals surface area contributed by atoms with E-state index in [1.807, 2.05) is 24.3 Å². The van der Waals surface area contributed by atoms with Gasteiger partial charge in [-0.25, -0.2) is 0 Å². The van der Waals surface area contributed by atoms with Gasteiger partial charge < -0.3 is 15.6 Å². The Morgan fingerprint density at radius 2 is 1.67 bits per heavy atom. The second kappa shape index (κ2) is 5.16. The zero-order valence-electron chi connectivity index (χ0n) is 10.2. The molecule has 1 aromatic heterocycles. The standard InChI is InChI=1S/C14H16N2O2/c1-18-13-4-2-11(3-5-13)14(15,10-17)12-6-8-16-9-7-12/h2-9,17H,10,15H2,1H3. The van der Waals surface area contributed by atoms with Crippen molar-refractivity contribution < 1.29 is 9.84 Å². The highest BCUT2D eigenvalue weighted by molar-refractivity contribution is 5.39. The Labute approximate surface area is 106 Å². The largest absolute Gasteiger partial charge is 0.497 e. The van der Waals surface area contributed by atoms with Crippen molar-refractivity contribution in [2.24, 2.45) is 5.73 Å². The quantitative estimate of drug-likeness (QED) is 0.850. The fourth-order valence-electron chi connectivity index (χ4n) is 1.89. The molecule has 4 heteroatoms. The molecule has 0 bridgehead atoms. The molecule has 4 nitrogen and oxygen atoms in total. The van der Waals surface area contributed by atoms with E-state index in [-0.39, 0.29) is 6.61 Å². The molecule has 0 radical (unpaired) electrons. The maximum absolute atomic E-state index is 9.64. The average Bonchev–Trinajstić information content (AvgIpc) is 2.47. The number of aliphatic hydroxyl groups excluding tert-OH is 1. The summed E-state index contributed by atoms with van der Waals surface area (Å²) in [5.41, 5.74) is 7.05. The molecule has 0 aliphatic rings. The Balaban J connectivity index is 2.43. The van der Waals surface area contributed by atoms with Crippen molar-refractivity contribution in [2.75, 3.05) is 13.7 Å². The van der Waals surface area contributed by atoms with Crippen LogP contribution in [-0.4, -0.2) is 23.8 Å². The summed E-state index contributed by atoms with van der Waals surface area (Å²) < 4.78 is 5.11. The summed E-state index contributed by atoms with van der Waals surface area (Å²) in [6, 6.07) is 11.0. The molecular weight excluding hydrogens is 228 g/mol. The first-order valence-corrected chi connectivity index (χ1v) is 5.65. The summed E-state index contributed by atoms with van der Waals surface area (Å²) in [7, 11) is 1.61. The molecule has 0 saturated heterocycles. The van der Waals surface area contributed by atoms with Gasteiger partial charge in [0, 0.05) is 12.4 Å². The number of aromatic nitrogens is 1. The number of aliphatic hydroxyl groups is 1. The number of benzene rings is 1. The van der Waals surface area contributed by atoms with E-state index in [1.165, 1.54) is 0 Å². The first kappa shape index (κ1) is 12.5. The Bertz CT molecular complexity index is 499. The minimum atomic E-state index is -0.921. The number of nitrogens with two attached hydrogens (primary N) is 1. The first-order chi connectivity index (χ1) is 8.70. The van der Waals surface area contributed by atoms with Crippen LogP contribution >= 0.6 is 0 Å². The number of rotatable bonds is 4. The zero-order chi connectivity index (χ0) is 13.0. The van der Waals surface area contributed by atoms with Crippen molar-refractivity contribution in [2.45, 2.75) is 5.54 Å². The first-order valence-electron chi connectivity index (χ1n) is 5.65. The molecule has 3 N–H and O–H groups in total. The highest BCUT2D eigenvalue weighted by atomic mass is 16.5. The van der Waals surface area contributed by atoms with Gasteiger partial charge in [0.1, 0.15) is 5.75 Å². The normalized spacial score (nSPS) is 13.9. The maximum atomic E-state index is 9.64. The second-order valence-electron chi connectivity index (χ2n) is 4.09. The fraction of sp³-hybridized carbons (Fsp3) is 0.214. The van der Waals surface area contributed by atoms with Crippen LogP contribution in [0.5, 0.6) is 5.75 Å². The van der Waals surface area contributed by atoms with Crippen LogP contribution in [0.1, 0.15) is 11.1 Å². The fourth-order valence-corrected chi connectivity index (χ4v) is 1.89. The van der Waals surface area contributed by atoms with Crippen LogP contribution in [0.25, 0.3) is 0 Å². The molecule has 1 heterocycles. The van der Waals surface area contributed by atoms with E-state index in [2.05, 4.69) is 4.98 Å². The minimum absolute atomic E-state index is 0.177. The predicted octanol–water partition coefficient (Wildman–Crippen LogP) is 1.28. The van der Waals surface area contributed by atoms with Crippen LogP contribution in [0, 0.1) is 0 Å². The molecule has 1 aromatic carbocycles. The monoisotopic (exact) mass is 244 g/mol. The van der Waals surface area contributed by atoms with Crippen molar-refractivity contribution in [3.8, 4) is 5.75 Å². The molecule has 2 aromatic rings. The van der Waals surface area contributed by atoms with E-state index in [9.17, 15) is 5.11 Å². The zero-order valence-corrected chi connectivity index (χ0v) is 10.2. The van der Waals surface area contributed by atoms with Gasteiger partial charge in [-0.1, -0.05) is 12.1 Å². The smallest absolute Gasteiger partial charge is 0.118 e.